The maximum atomic E-state index is 6.09. The second-order valence-corrected chi connectivity index (χ2v) is 5.47. The summed E-state index contributed by atoms with van der Waals surface area (Å²) in [6.07, 6.45) is 3.28. The van der Waals surface area contributed by atoms with Gasteiger partial charge in [-0.15, -0.1) is 0 Å². The van der Waals surface area contributed by atoms with Crippen LogP contribution in [0.15, 0.2) is 24.3 Å². The third kappa shape index (κ3) is 1.54. The molecule has 4 heteroatoms. The van der Waals surface area contributed by atoms with Gasteiger partial charge in [0.05, 0.1) is 5.39 Å². The van der Waals surface area contributed by atoms with Gasteiger partial charge in [0.2, 0.25) is 0 Å². The summed E-state index contributed by atoms with van der Waals surface area (Å²) in [6, 6.07) is 8.56. The van der Waals surface area contributed by atoms with Gasteiger partial charge in [-0.3, -0.25) is 5.10 Å². The highest BCUT2D eigenvalue weighted by molar-refractivity contribution is 6.01. The smallest absolute Gasteiger partial charge is 0.184 e. The quantitative estimate of drug-likeness (QED) is 0.710. The Balaban J connectivity index is 2.13. The molecule has 2 heterocycles. The van der Waals surface area contributed by atoms with Crippen LogP contribution in [0.4, 0.5) is 5.82 Å². The van der Waals surface area contributed by atoms with Crippen LogP contribution in [0.1, 0.15) is 23.2 Å². The molecule has 1 aliphatic carbocycles. The van der Waals surface area contributed by atoms with Crippen molar-refractivity contribution in [3.8, 4) is 11.1 Å². The van der Waals surface area contributed by atoms with Gasteiger partial charge in [-0.2, -0.15) is 5.10 Å². The van der Waals surface area contributed by atoms with Crippen LogP contribution >= 0.6 is 0 Å². The first-order valence-electron chi connectivity index (χ1n) is 6.96. The highest BCUT2D eigenvalue weighted by Gasteiger charge is 2.23. The van der Waals surface area contributed by atoms with Crippen molar-refractivity contribution >= 4 is 16.9 Å². The van der Waals surface area contributed by atoms with Gasteiger partial charge in [0, 0.05) is 11.3 Å². The first-order chi connectivity index (χ1) is 9.74. The summed E-state index contributed by atoms with van der Waals surface area (Å²) < 4.78 is 0. The van der Waals surface area contributed by atoms with E-state index in [0.29, 0.717) is 5.82 Å². The molecular formula is C16H16N4. The zero-order valence-electron chi connectivity index (χ0n) is 11.4. The minimum absolute atomic E-state index is 0.610. The highest BCUT2D eigenvalue weighted by Crippen LogP contribution is 2.38. The second-order valence-electron chi connectivity index (χ2n) is 5.47. The van der Waals surface area contributed by atoms with Crippen molar-refractivity contribution in [2.75, 3.05) is 5.73 Å². The molecule has 1 aliphatic rings. The fraction of sp³-hybridized carbons (Fsp3) is 0.250. The van der Waals surface area contributed by atoms with Crippen molar-refractivity contribution in [2.24, 2.45) is 0 Å². The van der Waals surface area contributed by atoms with E-state index in [9.17, 15) is 0 Å². The van der Waals surface area contributed by atoms with Crippen LogP contribution in [0.25, 0.3) is 22.2 Å². The van der Waals surface area contributed by atoms with E-state index in [-0.39, 0.29) is 0 Å². The van der Waals surface area contributed by atoms with E-state index in [0.717, 1.165) is 30.3 Å². The van der Waals surface area contributed by atoms with Crippen LogP contribution in [0.3, 0.4) is 0 Å². The number of rotatable bonds is 1. The monoisotopic (exact) mass is 264 g/mol. The van der Waals surface area contributed by atoms with Gasteiger partial charge in [-0.05, 0) is 37.3 Å². The molecule has 20 heavy (non-hydrogen) atoms. The molecule has 0 saturated carbocycles. The van der Waals surface area contributed by atoms with Gasteiger partial charge in [-0.1, -0.05) is 29.8 Å². The topological polar surface area (TPSA) is 67.6 Å². The molecule has 1 aromatic carbocycles. The lowest BCUT2D eigenvalue weighted by molar-refractivity contribution is 0.900. The maximum absolute atomic E-state index is 6.09. The number of benzene rings is 1. The largest absolute Gasteiger partial charge is 0.383 e. The fourth-order valence-electron chi connectivity index (χ4n) is 3.19. The van der Waals surface area contributed by atoms with E-state index in [1.165, 1.54) is 27.9 Å². The number of anilines is 1. The molecule has 4 nitrogen and oxygen atoms in total. The molecule has 100 valence electrons. The van der Waals surface area contributed by atoms with E-state index in [2.05, 4.69) is 46.4 Å². The van der Waals surface area contributed by atoms with E-state index in [1.54, 1.807) is 0 Å². The third-order valence-corrected chi connectivity index (χ3v) is 4.06. The summed E-state index contributed by atoms with van der Waals surface area (Å²) >= 11 is 0. The van der Waals surface area contributed by atoms with Crippen molar-refractivity contribution in [1.82, 2.24) is 15.2 Å². The van der Waals surface area contributed by atoms with Crippen LogP contribution in [-0.4, -0.2) is 15.2 Å². The molecule has 0 spiro atoms. The minimum Gasteiger partial charge on any atom is -0.383 e. The number of pyridine rings is 1. The van der Waals surface area contributed by atoms with Gasteiger partial charge >= 0.3 is 0 Å². The number of nitrogens with one attached hydrogen (secondary N) is 1. The van der Waals surface area contributed by atoms with Crippen LogP contribution in [-0.2, 0) is 12.8 Å². The molecule has 3 aromatic rings. The average Bonchev–Trinajstić information content (AvgIpc) is 3.04. The molecule has 0 radical (unpaired) electrons. The number of hydrogen-bond donors (Lipinski definition) is 2. The Labute approximate surface area is 117 Å². The van der Waals surface area contributed by atoms with Crippen LogP contribution < -0.4 is 5.73 Å². The number of aromatic amines is 1. The molecule has 0 atom stereocenters. The van der Waals surface area contributed by atoms with Crippen molar-refractivity contribution in [3.05, 3.63) is 41.1 Å². The Morgan fingerprint density at radius 2 is 2.15 bits per heavy atom. The second kappa shape index (κ2) is 4.07. The number of nitrogens with zero attached hydrogens (tertiary/aromatic N) is 2. The summed E-state index contributed by atoms with van der Waals surface area (Å²) in [5.74, 6) is 0.610. The van der Waals surface area contributed by atoms with Crippen molar-refractivity contribution in [2.45, 2.75) is 26.2 Å². The molecule has 0 unspecified atom stereocenters. The lowest BCUT2D eigenvalue weighted by atomic mass is 9.95. The lowest BCUT2D eigenvalue weighted by Crippen LogP contribution is -1.96. The predicted octanol–water partition coefficient (Wildman–Crippen LogP) is 3.00. The van der Waals surface area contributed by atoms with E-state index < -0.39 is 0 Å². The molecule has 0 amide bonds. The summed E-state index contributed by atoms with van der Waals surface area (Å²) in [5.41, 5.74) is 13.0. The summed E-state index contributed by atoms with van der Waals surface area (Å²) in [4.78, 5) is 4.66. The summed E-state index contributed by atoms with van der Waals surface area (Å²) in [7, 11) is 0. The average molecular weight is 264 g/mol. The van der Waals surface area contributed by atoms with Crippen LogP contribution in [0, 0.1) is 6.92 Å². The van der Waals surface area contributed by atoms with E-state index in [4.69, 9.17) is 5.73 Å². The lowest BCUT2D eigenvalue weighted by Gasteiger charge is -2.11. The first kappa shape index (κ1) is 11.5. The molecule has 3 N–H and O–H groups in total. The maximum Gasteiger partial charge on any atom is 0.184 e. The number of nitrogen functional groups attached to an aromatic ring is 1. The normalized spacial score (nSPS) is 13.8. The Bertz CT molecular complexity index is 817. The Morgan fingerprint density at radius 1 is 1.25 bits per heavy atom. The fourth-order valence-corrected chi connectivity index (χ4v) is 3.19. The van der Waals surface area contributed by atoms with E-state index >= 15 is 0 Å². The standard InChI is InChI=1S/C16H16N4/c1-9-4-2-5-10(8-9)13-11-6-3-7-12(11)18-16-14(13)15(17)19-20-16/h2,4-5,8H,3,6-7H2,1H3,(H3,17,18,19,20). The van der Waals surface area contributed by atoms with Crippen molar-refractivity contribution in [3.63, 3.8) is 0 Å². The summed E-state index contributed by atoms with van der Waals surface area (Å²) in [5, 5.41) is 8.08. The molecule has 0 fully saturated rings. The van der Waals surface area contributed by atoms with Crippen LogP contribution in [0.5, 0.6) is 0 Å². The van der Waals surface area contributed by atoms with Crippen molar-refractivity contribution < 1.29 is 0 Å². The number of aryl methyl sites for hydroxylation is 2. The highest BCUT2D eigenvalue weighted by atomic mass is 15.2. The minimum atomic E-state index is 0.610. The Morgan fingerprint density at radius 3 is 3.00 bits per heavy atom. The molecular weight excluding hydrogens is 248 g/mol. The third-order valence-electron chi connectivity index (χ3n) is 4.06. The molecule has 0 aliphatic heterocycles. The number of nitrogens with two attached hydrogens (primary N) is 1. The van der Waals surface area contributed by atoms with Gasteiger partial charge in [0.1, 0.15) is 5.82 Å². The Kier molecular flexibility index (Phi) is 2.33. The number of H-pyrrole nitrogens is 1. The number of fused-ring (bicyclic) bond motifs is 2. The van der Waals surface area contributed by atoms with Gasteiger partial charge < -0.3 is 5.73 Å². The molecule has 4 rings (SSSR count). The van der Waals surface area contributed by atoms with Gasteiger partial charge in [0.15, 0.2) is 5.65 Å². The first-order valence-corrected chi connectivity index (χ1v) is 6.96. The van der Waals surface area contributed by atoms with Gasteiger partial charge in [-0.25, -0.2) is 4.98 Å². The van der Waals surface area contributed by atoms with E-state index in [1.807, 2.05) is 0 Å². The number of aromatic nitrogens is 3. The zero-order valence-corrected chi connectivity index (χ0v) is 11.4. The van der Waals surface area contributed by atoms with Gasteiger partial charge in [0.25, 0.3) is 0 Å². The Hall–Kier alpha value is -2.36. The SMILES string of the molecule is Cc1cccc(-c2c3c(nc4n[nH]c(N)c24)CCC3)c1. The molecule has 0 bridgehead atoms. The zero-order chi connectivity index (χ0) is 13.7. The molecule has 2 aromatic heterocycles. The molecule has 0 saturated heterocycles. The van der Waals surface area contributed by atoms with Crippen molar-refractivity contribution in [1.29, 1.82) is 0 Å². The summed E-state index contributed by atoms with van der Waals surface area (Å²) in [6.45, 7) is 2.11. The van der Waals surface area contributed by atoms with Crippen LogP contribution in [0.2, 0.25) is 0 Å². The number of hydrogen-bond acceptors (Lipinski definition) is 3. The predicted molar refractivity (Wildman–Crippen MR) is 80.5 cm³/mol.